The highest BCUT2D eigenvalue weighted by Crippen LogP contribution is 2.19. The highest BCUT2D eigenvalue weighted by Gasteiger charge is 2.09. The summed E-state index contributed by atoms with van der Waals surface area (Å²) in [6, 6.07) is 5.57. The number of carbonyl (C=O) groups excluding carboxylic acids is 1. The Labute approximate surface area is 119 Å². The van der Waals surface area contributed by atoms with Gasteiger partial charge in [-0.3, -0.25) is 9.48 Å². The number of nitrogens with zero attached hydrogens (tertiary/aromatic N) is 2. The van der Waals surface area contributed by atoms with Crippen molar-refractivity contribution in [1.82, 2.24) is 15.1 Å². The Morgan fingerprint density at radius 1 is 1.53 bits per heavy atom. The maximum Gasteiger partial charge on any atom is 0.251 e. The van der Waals surface area contributed by atoms with E-state index in [1.807, 2.05) is 19.1 Å². The molecule has 1 aromatic carbocycles. The Morgan fingerprint density at radius 2 is 2.32 bits per heavy atom. The van der Waals surface area contributed by atoms with Crippen LogP contribution in [0.1, 0.15) is 15.9 Å². The summed E-state index contributed by atoms with van der Waals surface area (Å²) in [7, 11) is 0. The molecule has 0 radical (unpaired) electrons. The first kappa shape index (κ1) is 13.6. The van der Waals surface area contributed by atoms with Gasteiger partial charge in [-0.2, -0.15) is 5.10 Å². The van der Waals surface area contributed by atoms with Crippen LogP contribution in [0.4, 0.5) is 5.69 Å². The van der Waals surface area contributed by atoms with Gasteiger partial charge in [0.05, 0.1) is 18.4 Å². The van der Waals surface area contributed by atoms with E-state index >= 15 is 0 Å². The largest absolute Gasteiger partial charge is 0.396 e. The van der Waals surface area contributed by atoms with Gasteiger partial charge in [-0.25, -0.2) is 0 Å². The predicted octanol–water partition coefficient (Wildman–Crippen LogP) is 1.97. The molecule has 0 aliphatic carbocycles. The van der Waals surface area contributed by atoms with Gasteiger partial charge in [0.25, 0.3) is 5.91 Å². The van der Waals surface area contributed by atoms with Gasteiger partial charge in [0, 0.05) is 22.8 Å². The Kier molecular flexibility index (Phi) is 4.21. The van der Waals surface area contributed by atoms with Crippen LogP contribution < -0.4 is 11.1 Å². The number of nitrogens with two attached hydrogens (primary N) is 1. The lowest BCUT2D eigenvalue weighted by Gasteiger charge is -2.08. The summed E-state index contributed by atoms with van der Waals surface area (Å²) in [5.74, 6) is -0.0843. The Hall–Kier alpha value is -1.82. The van der Waals surface area contributed by atoms with E-state index in [9.17, 15) is 4.79 Å². The van der Waals surface area contributed by atoms with Crippen LogP contribution in [0.25, 0.3) is 0 Å². The van der Waals surface area contributed by atoms with Gasteiger partial charge in [-0.05, 0) is 24.6 Å². The Morgan fingerprint density at radius 3 is 3.00 bits per heavy atom. The second-order valence-corrected chi connectivity index (χ2v) is 5.06. The summed E-state index contributed by atoms with van der Waals surface area (Å²) < 4.78 is 2.63. The molecule has 19 heavy (non-hydrogen) atoms. The minimum atomic E-state index is -0.0843. The van der Waals surface area contributed by atoms with Gasteiger partial charge < -0.3 is 11.1 Å². The first-order valence-electron chi connectivity index (χ1n) is 5.89. The van der Waals surface area contributed by atoms with Crippen LogP contribution in [-0.4, -0.2) is 22.2 Å². The molecule has 0 aliphatic heterocycles. The molecule has 0 saturated heterocycles. The standard InChI is InChI=1S/C13H15BrN4O/c1-9-11(3-2-4-12(9)14)13(19)16-5-6-18-8-10(15)7-17-18/h2-4,7-8H,5-6,15H2,1H3,(H,16,19). The molecule has 0 spiro atoms. The second kappa shape index (κ2) is 5.88. The van der Waals surface area contributed by atoms with E-state index in [0.29, 0.717) is 24.3 Å². The molecule has 1 amide bonds. The molecular weight excluding hydrogens is 308 g/mol. The van der Waals surface area contributed by atoms with Gasteiger partial charge in [0.1, 0.15) is 0 Å². The molecule has 2 aromatic rings. The summed E-state index contributed by atoms with van der Waals surface area (Å²) in [5.41, 5.74) is 7.79. The van der Waals surface area contributed by atoms with Crippen molar-refractivity contribution in [3.05, 3.63) is 46.2 Å². The average molecular weight is 323 g/mol. The van der Waals surface area contributed by atoms with Crippen LogP contribution in [-0.2, 0) is 6.54 Å². The van der Waals surface area contributed by atoms with Crippen LogP contribution in [0.15, 0.2) is 35.1 Å². The first-order valence-corrected chi connectivity index (χ1v) is 6.68. The molecule has 0 aliphatic rings. The van der Waals surface area contributed by atoms with Crippen molar-refractivity contribution in [3.8, 4) is 0 Å². The van der Waals surface area contributed by atoms with Crippen LogP contribution >= 0.6 is 15.9 Å². The molecule has 0 atom stereocenters. The van der Waals surface area contributed by atoms with Crippen molar-refractivity contribution in [2.75, 3.05) is 12.3 Å². The minimum Gasteiger partial charge on any atom is -0.396 e. The number of amides is 1. The molecule has 5 nitrogen and oxygen atoms in total. The minimum absolute atomic E-state index is 0.0843. The molecule has 0 fully saturated rings. The lowest BCUT2D eigenvalue weighted by molar-refractivity contribution is 0.0951. The van der Waals surface area contributed by atoms with E-state index < -0.39 is 0 Å². The summed E-state index contributed by atoms with van der Waals surface area (Å²) in [6.45, 7) is 3.01. The second-order valence-electron chi connectivity index (χ2n) is 4.21. The molecule has 0 saturated carbocycles. The van der Waals surface area contributed by atoms with Crippen LogP contribution in [0, 0.1) is 6.92 Å². The van der Waals surface area contributed by atoms with Gasteiger partial charge >= 0.3 is 0 Å². The zero-order valence-corrected chi connectivity index (χ0v) is 12.1. The third-order valence-electron chi connectivity index (χ3n) is 2.79. The highest BCUT2D eigenvalue weighted by atomic mass is 79.9. The molecule has 0 bridgehead atoms. The van der Waals surface area contributed by atoms with Crippen LogP contribution in [0.3, 0.4) is 0 Å². The molecule has 1 aromatic heterocycles. The van der Waals surface area contributed by atoms with E-state index in [4.69, 9.17) is 5.73 Å². The maximum atomic E-state index is 12.0. The number of carbonyl (C=O) groups is 1. The van der Waals surface area contributed by atoms with Crippen molar-refractivity contribution in [3.63, 3.8) is 0 Å². The van der Waals surface area contributed by atoms with Gasteiger partial charge in [0.15, 0.2) is 0 Å². The van der Waals surface area contributed by atoms with Gasteiger partial charge in [-0.1, -0.05) is 22.0 Å². The van der Waals surface area contributed by atoms with Crippen molar-refractivity contribution in [1.29, 1.82) is 0 Å². The quantitative estimate of drug-likeness (QED) is 0.903. The van der Waals surface area contributed by atoms with Crippen molar-refractivity contribution in [2.45, 2.75) is 13.5 Å². The Bertz CT molecular complexity index is 594. The summed E-state index contributed by atoms with van der Waals surface area (Å²) in [6.07, 6.45) is 3.32. The number of halogens is 1. The molecule has 1 heterocycles. The summed E-state index contributed by atoms with van der Waals surface area (Å²) in [5, 5.41) is 6.91. The number of anilines is 1. The number of rotatable bonds is 4. The third kappa shape index (κ3) is 3.35. The zero-order chi connectivity index (χ0) is 13.8. The van der Waals surface area contributed by atoms with Crippen molar-refractivity contribution in [2.24, 2.45) is 0 Å². The normalized spacial score (nSPS) is 10.4. The summed E-state index contributed by atoms with van der Waals surface area (Å²) >= 11 is 3.41. The molecule has 3 N–H and O–H groups in total. The van der Waals surface area contributed by atoms with Gasteiger partial charge in [0.2, 0.25) is 0 Å². The average Bonchev–Trinajstić information content (AvgIpc) is 2.78. The van der Waals surface area contributed by atoms with E-state index in [2.05, 4.69) is 26.3 Å². The fourth-order valence-corrected chi connectivity index (χ4v) is 2.10. The third-order valence-corrected chi connectivity index (χ3v) is 3.65. The number of benzene rings is 1. The monoisotopic (exact) mass is 322 g/mol. The number of nitrogens with one attached hydrogen (secondary N) is 1. The molecule has 2 rings (SSSR count). The number of nitrogen functional groups attached to an aromatic ring is 1. The van der Waals surface area contributed by atoms with Crippen molar-refractivity contribution >= 4 is 27.5 Å². The fourth-order valence-electron chi connectivity index (χ4n) is 1.73. The fraction of sp³-hybridized carbons (Fsp3) is 0.231. The highest BCUT2D eigenvalue weighted by molar-refractivity contribution is 9.10. The summed E-state index contributed by atoms with van der Waals surface area (Å²) in [4.78, 5) is 12.0. The van der Waals surface area contributed by atoms with Crippen LogP contribution in [0.2, 0.25) is 0 Å². The van der Waals surface area contributed by atoms with Crippen molar-refractivity contribution < 1.29 is 4.79 Å². The van der Waals surface area contributed by atoms with E-state index in [1.54, 1.807) is 23.1 Å². The smallest absolute Gasteiger partial charge is 0.251 e. The number of hydrogen-bond acceptors (Lipinski definition) is 3. The number of aromatic nitrogens is 2. The lowest BCUT2D eigenvalue weighted by Crippen LogP contribution is -2.28. The van der Waals surface area contributed by atoms with E-state index in [-0.39, 0.29) is 5.91 Å². The molecular formula is C13H15BrN4O. The topological polar surface area (TPSA) is 72.9 Å². The van der Waals surface area contributed by atoms with Gasteiger partial charge in [-0.15, -0.1) is 0 Å². The molecule has 6 heteroatoms. The Balaban J connectivity index is 1.93. The van der Waals surface area contributed by atoms with E-state index in [0.717, 1.165) is 10.0 Å². The molecule has 100 valence electrons. The van der Waals surface area contributed by atoms with Crippen LogP contribution in [0.5, 0.6) is 0 Å². The van der Waals surface area contributed by atoms with E-state index in [1.165, 1.54) is 0 Å². The lowest BCUT2D eigenvalue weighted by atomic mass is 10.1. The predicted molar refractivity (Wildman–Crippen MR) is 77.9 cm³/mol. The number of hydrogen-bond donors (Lipinski definition) is 2. The first-order chi connectivity index (χ1) is 9.08. The molecule has 0 unspecified atom stereocenters. The maximum absolute atomic E-state index is 12.0. The zero-order valence-electron chi connectivity index (χ0n) is 10.6. The SMILES string of the molecule is Cc1c(Br)cccc1C(=O)NCCn1cc(N)cn1.